The second kappa shape index (κ2) is 6.97. The summed E-state index contributed by atoms with van der Waals surface area (Å²) in [6, 6.07) is 0.603. The molecule has 0 aromatic rings. The van der Waals surface area contributed by atoms with Crippen LogP contribution >= 0.6 is 0 Å². The van der Waals surface area contributed by atoms with E-state index in [9.17, 15) is 4.79 Å². The topological polar surface area (TPSA) is 52.6 Å². The number of nitrogens with one attached hydrogen (secondary N) is 1. The Kier molecular flexibility index (Phi) is 5.92. The second-order valence-electron chi connectivity index (χ2n) is 5.44. The highest BCUT2D eigenvalue weighted by atomic mass is 16.3. The van der Waals surface area contributed by atoms with E-state index in [4.69, 9.17) is 5.11 Å². The Bertz CT molecular complexity index is 242. The highest BCUT2D eigenvalue weighted by Crippen LogP contribution is 2.17. The van der Waals surface area contributed by atoms with Crippen molar-refractivity contribution < 1.29 is 9.90 Å². The average molecular weight is 242 g/mol. The molecule has 17 heavy (non-hydrogen) atoms. The molecule has 2 N–H and O–H groups in total. The van der Waals surface area contributed by atoms with Crippen molar-refractivity contribution in [3.8, 4) is 0 Å². The molecule has 0 aromatic carbocycles. The number of aliphatic hydroxyl groups is 1. The molecule has 0 aliphatic carbocycles. The molecular formula is C13H26N2O2. The minimum atomic E-state index is -0.385. The number of rotatable bonds is 6. The smallest absolute Gasteiger partial charge is 0.220 e. The van der Waals surface area contributed by atoms with Crippen LogP contribution in [0.4, 0.5) is 0 Å². The quantitative estimate of drug-likeness (QED) is 0.730. The van der Waals surface area contributed by atoms with E-state index in [1.165, 1.54) is 6.42 Å². The molecular weight excluding hydrogens is 216 g/mol. The van der Waals surface area contributed by atoms with Gasteiger partial charge in [-0.1, -0.05) is 0 Å². The molecule has 1 rings (SSSR count). The fraction of sp³-hybridized carbons (Fsp3) is 0.923. The maximum absolute atomic E-state index is 11.5. The van der Waals surface area contributed by atoms with E-state index in [0.717, 1.165) is 19.6 Å². The molecule has 2 unspecified atom stereocenters. The normalized spacial score (nSPS) is 23.0. The number of hydrogen-bond acceptors (Lipinski definition) is 3. The Labute approximate surface area is 104 Å². The first-order valence-corrected chi connectivity index (χ1v) is 6.68. The summed E-state index contributed by atoms with van der Waals surface area (Å²) in [5, 5.41) is 12.1. The van der Waals surface area contributed by atoms with Crippen LogP contribution in [0.25, 0.3) is 0 Å². The summed E-state index contributed by atoms with van der Waals surface area (Å²) >= 11 is 0. The molecule has 0 aromatic heterocycles. The summed E-state index contributed by atoms with van der Waals surface area (Å²) in [7, 11) is 0. The number of amides is 1. The SMILES string of the molecule is CC(O)CCC(=O)NCC1CCN(C(C)C)C1. The summed E-state index contributed by atoms with van der Waals surface area (Å²) in [5.74, 6) is 0.654. The Balaban J connectivity index is 2.13. The van der Waals surface area contributed by atoms with Gasteiger partial charge < -0.3 is 15.3 Å². The van der Waals surface area contributed by atoms with Gasteiger partial charge in [-0.2, -0.15) is 0 Å². The van der Waals surface area contributed by atoms with Crippen LogP contribution in [0.2, 0.25) is 0 Å². The maximum Gasteiger partial charge on any atom is 0.220 e. The third kappa shape index (κ3) is 5.50. The van der Waals surface area contributed by atoms with E-state index in [2.05, 4.69) is 24.1 Å². The molecule has 0 spiro atoms. The number of aliphatic hydroxyl groups excluding tert-OH is 1. The predicted octanol–water partition coefficient (Wildman–Crippen LogP) is 0.994. The van der Waals surface area contributed by atoms with Gasteiger partial charge in [-0.25, -0.2) is 0 Å². The molecule has 1 aliphatic rings. The number of carbonyl (C=O) groups excluding carboxylic acids is 1. The lowest BCUT2D eigenvalue weighted by Crippen LogP contribution is -2.33. The Morgan fingerprint density at radius 1 is 1.47 bits per heavy atom. The number of hydrogen-bond donors (Lipinski definition) is 2. The van der Waals surface area contributed by atoms with Gasteiger partial charge in [-0.05, 0) is 46.1 Å². The van der Waals surface area contributed by atoms with Crippen LogP contribution in [0.1, 0.15) is 40.0 Å². The fourth-order valence-corrected chi connectivity index (χ4v) is 2.18. The third-order valence-corrected chi connectivity index (χ3v) is 3.42. The van der Waals surface area contributed by atoms with Gasteiger partial charge in [0.1, 0.15) is 0 Å². The van der Waals surface area contributed by atoms with Crippen LogP contribution in [0.15, 0.2) is 0 Å². The van der Waals surface area contributed by atoms with Crippen LogP contribution in [0.3, 0.4) is 0 Å². The third-order valence-electron chi connectivity index (χ3n) is 3.42. The van der Waals surface area contributed by atoms with Gasteiger partial charge in [0.15, 0.2) is 0 Å². The zero-order chi connectivity index (χ0) is 12.8. The zero-order valence-corrected chi connectivity index (χ0v) is 11.3. The molecule has 1 fully saturated rings. The van der Waals surface area contributed by atoms with Crippen LogP contribution in [-0.2, 0) is 4.79 Å². The van der Waals surface area contributed by atoms with E-state index in [1.54, 1.807) is 6.92 Å². The van der Waals surface area contributed by atoms with Crippen molar-refractivity contribution in [3.63, 3.8) is 0 Å². The first-order chi connectivity index (χ1) is 7.99. The van der Waals surface area contributed by atoms with E-state index in [1.807, 2.05) is 0 Å². The van der Waals surface area contributed by atoms with Gasteiger partial charge in [0.05, 0.1) is 6.10 Å². The number of nitrogens with zero attached hydrogens (tertiary/aromatic N) is 1. The second-order valence-corrected chi connectivity index (χ2v) is 5.44. The van der Waals surface area contributed by atoms with Gasteiger partial charge in [0.2, 0.25) is 5.91 Å². The van der Waals surface area contributed by atoms with Crippen molar-refractivity contribution in [1.29, 1.82) is 0 Å². The number of likely N-dealkylation sites (tertiary alicyclic amines) is 1. The Hall–Kier alpha value is -0.610. The molecule has 1 heterocycles. The summed E-state index contributed by atoms with van der Waals surface area (Å²) in [5.41, 5.74) is 0. The van der Waals surface area contributed by atoms with Crippen LogP contribution < -0.4 is 5.32 Å². The van der Waals surface area contributed by atoms with Crippen LogP contribution in [-0.4, -0.2) is 47.7 Å². The lowest BCUT2D eigenvalue weighted by molar-refractivity contribution is -0.121. The standard InChI is InChI=1S/C13H26N2O2/c1-10(2)15-7-6-12(9-15)8-14-13(17)5-4-11(3)16/h10-12,16H,4-9H2,1-3H3,(H,14,17). The first-order valence-electron chi connectivity index (χ1n) is 6.68. The van der Waals surface area contributed by atoms with Crippen molar-refractivity contribution in [1.82, 2.24) is 10.2 Å². The van der Waals surface area contributed by atoms with Gasteiger partial charge in [0.25, 0.3) is 0 Å². The van der Waals surface area contributed by atoms with Gasteiger partial charge in [-0.15, -0.1) is 0 Å². The Morgan fingerprint density at radius 3 is 2.71 bits per heavy atom. The first kappa shape index (κ1) is 14.5. The van der Waals surface area contributed by atoms with Crippen molar-refractivity contribution in [2.75, 3.05) is 19.6 Å². The number of carbonyl (C=O) groups is 1. The van der Waals surface area contributed by atoms with Crippen molar-refractivity contribution in [2.45, 2.75) is 52.2 Å². The van der Waals surface area contributed by atoms with E-state index >= 15 is 0 Å². The molecule has 0 bridgehead atoms. The largest absolute Gasteiger partial charge is 0.393 e. The van der Waals surface area contributed by atoms with Gasteiger partial charge in [-0.3, -0.25) is 4.79 Å². The molecule has 1 aliphatic heterocycles. The Morgan fingerprint density at radius 2 is 2.18 bits per heavy atom. The maximum atomic E-state index is 11.5. The average Bonchev–Trinajstić information content (AvgIpc) is 2.72. The highest BCUT2D eigenvalue weighted by molar-refractivity contribution is 5.75. The molecule has 0 saturated carbocycles. The molecule has 2 atom stereocenters. The van der Waals surface area contributed by atoms with Crippen molar-refractivity contribution in [3.05, 3.63) is 0 Å². The van der Waals surface area contributed by atoms with E-state index in [-0.39, 0.29) is 12.0 Å². The highest BCUT2D eigenvalue weighted by Gasteiger charge is 2.24. The van der Waals surface area contributed by atoms with E-state index < -0.39 is 0 Å². The fourth-order valence-electron chi connectivity index (χ4n) is 2.18. The summed E-state index contributed by atoms with van der Waals surface area (Å²) in [6.45, 7) is 9.15. The van der Waals surface area contributed by atoms with E-state index in [0.29, 0.717) is 24.8 Å². The lowest BCUT2D eigenvalue weighted by atomic mass is 10.1. The van der Waals surface area contributed by atoms with Crippen molar-refractivity contribution in [2.24, 2.45) is 5.92 Å². The monoisotopic (exact) mass is 242 g/mol. The molecule has 100 valence electrons. The van der Waals surface area contributed by atoms with Gasteiger partial charge in [0, 0.05) is 25.6 Å². The summed E-state index contributed by atoms with van der Waals surface area (Å²) in [4.78, 5) is 13.9. The molecule has 0 radical (unpaired) electrons. The zero-order valence-electron chi connectivity index (χ0n) is 11.3. The van der Waals surface area contributed by atoms with Crippen LogP contribution in [0.5, 0.6) is 0 Å². The van der Waals surface area contributed by atoms with Crippen molar-refractivity contribution >= 4 is 5.91 Å². The molecule has 4 nitrogen and oxygen atoms in total. The van der Waals surface area contributed by atoms with Gasteiger partial charge >= 0.3 is 0 Å². The summed E-state index contributed by atoms with van der Waals surface area (Å²) in [6.07, 6.45) is 1.77. The predicted molar refractivity (Wildman–Crippen MR) is 68.7 cm³/mol. The summed E-state index contributed by atoms with van der Waals surface area (Å²) < 4.78 is 0. The molecule has 4 heteroatoms. The molecule has 1 amide bonds. The lowest BCUT2D eigenvalue weighted by Gasteiger charge is -2.20. The minimum Gasteiger partial charge on any atom is -0.393 e. The minimum absolute atomic E-state index is 0.0638. The van der Waals surface area contributed by atoms with Crippen LogP contribution in [0, 0.1) is 5.92 Å². The molecule has 1 saturated heterocycles.